The van der Waals surface area contributed by atoms with Crippen molar-refractivity contribution in [3.63, 3.8) is 0 Å². The standard InChI is InChI=1S/C13H14N4O2S/c1-16-11(7-10(15-16)12(18)19)9-3-2-5-17(8-9)13-14-4-6-20-13/h3-4,6-7H,2,5,8H2,1H3,(H,18,19). The van der Waals surface area contributed by atoms with Crippen molar-refractivity contribution < 1.29 is 9.90 Å². The van der Waals surface area contributed by atoms with Crippen LogP contribution < -0.4 is 4.90 Å². The summed E-state index contributed by atoms with van der Waals surface area (Å²) >= 11 is 1.61. The van der Waals surface area contributed by atoms with E-state index in [-0.39, 0.29) is 5.69 Å². The van der Waals surface area contributed by atoms with E-state index in [9.17, 15) is 4.79 Å². The monoisotopic (exact) mass is 290 g/mol. The Morgan fingerprint density at radius 2 is 2.35 bits per heavy atom. The van der Waals surface area contributed by atoms with Crippen molar-refractivity contribution in [2.45, 2.75) is 6.42 Å². The lowest BCUT2D eigenvalue weighted by atomic mass is 10.1. The number of aromatic nitrogens is 3. The molecule has 7 heteroatoms. The van der Waals surface area contributed by atoms with Gasteiger partial charge in [0.2, 0.25) is 0 Å². The van der Waals surface area contributed by atoms with Gasteiger partial charge in [0.15, 0.2) is 10.8 Å². The van der Waals surface area contributed by atoms with E-state index in [1.165, 1.54) is 0 Å². The molecule has 1 N–H and O–H groups in total. The summed E-state index contributed by atoms with van der Waals surface area (Å²) in [6.45, 7) is 1.66. The summed E-state index contributed by atoms with van der Waals surface area (Å²) in [5.74, 6) is -1.000. The lowest BCUT2D eigenvalue weighted by Crippen LogP contribution is -2.29. The maximum absolute atomic E-state index is 11.0. The Labute approximate surface area is 120 Å². The van der Waals surface area contributed by atoms with Gasteiger partial charge in [0, 0.05) is 31.7 Å². The summed E-state index contributed by atoms with van der Waals surface area (Å²) in [5, 5.41) is 16.0. The Bertz CT molecular complexity index is 660. The topological polar surface area (TPSA) is 71.2 Å². The number of thiazole rings is 1. The first kappa shape index (κ1) is 12.9. The van der Waals surface area contributed by atoms with E-state index in [0.717, 1.165) is 35.9 Å². The molecule has 0 atom stereocenters. The largest absolute Gasteiger partial charge is 0.476 e. The van der Waals surface area contributed by atoms with Gasteiger partial charge in [0.05, 0.1) is 5.69 Å². The summed E-state index contributed by atoms with van der Waals surface area (Å²) in [6.07, 6.45) is 4.86. The smallest absolute Gasteiger partial charge is 0.356 e. The summed E-state index contributed by atoms with van der Waals surface area (Å²) in [6, 6.07) is 1.62. The van der Waals surface area contributed by atoms with Crippen LogP contribution in [0.4, 0.5) is 5.13 Å². The highest BCUT2D eigenvalue weighted by Gasteiger charge is 2.20. The first-order valence-electron chi connectivity index (χ1n) is 6.26. The number of hydrogen-bond donors (Lipinski definition) is 1. The van der Waals surface area contributed by atoms with Crippen LogP contribution in [0.2, 0.25) is 0 Å². The fourth-order valence-corrected chi connectivity index (χ4v) is 3.01. The predicted molar refractivity (Wildman–Crippen MR) is 77.1 cm³/mol. The first-order chi connectivity index (χ1) is 9.65. The average Bonchev–Trinajstić information content (AvgIpc) is 3.08. The molecule has 0 spiro atoms. The van der Waals surface area contributed by atoms with Gasteiger partial charge >= 0.3 is 5.97 Å². The van der Waals surface area contributed by atoms with Crippen LogP contribution in [0.5, 0.6) is 0 Å². The summed E-state index contributed by atoms with van der Waals surface area (Å²) < 4.78 is 1.63. The summed E-state index contributed by atoms with van der Waals surface area (Å²) in [4.78, 5) is 17.5. The molecule has 0 amide bonds. The van der Waals surface area contributed by atoms with Crippen LogP contribution in [0.1, 0.15) is 22.6 Å². The van der Waals surface area contributed by atoms with Gasteiger partial charge in [-0.05, 0) is 18.1 Å². The quantitative estimate of drug-likeness (QED) is 0.934. The molecule has 1 aliphatic heterocycles. The van der Waals surface area contributed by atoms with E-state index in [4.69, 9.17) is 5.11 Å². The predicted octanol–water partition coefficient (Wildman–Crippen LogP) is 1.87. The number of rotatable bonds is 3. The third-order valence-electron chi connectivity index (χ3n) is 3.27. The zero-order valence-electron chi connectivity index (χ0n) is 11.0. The lowest BCUT2D eigenvalue weighted by molar-refractivity contribution is 0.0689. The number of carboxylic acids is 1. The highest BCUT2D eigenvalue weighted by atomic mass is 32.1. The number of nitrogens with zero attached hydrogens (tertiary/aromatic N) is 4. The zero-order valence-corrected chi connectivity index (χ0v) is 11.8. The Balaban J connectivity index is 1.87. The minimum Gasteiger partial charge on any atom is -0.476 e. The van der Waals surface area contributed by atoms with Gasteiger partial charge in [0.25, 0.3) is 0 Å². The van der Waals surface area contributed by atoms with Gasteiger partial charge in [-0.25, -0.2) is 9.78 Å². The molecule has 3 heterocycles. The van der Waals surface area contributed by atoms with Crippen molar-refractivity contribution in [3.05, 3.63) is 35.1 Å². The second kappa shape index (κ2) is 5.09. The van der Waals surface area contributed by atoms with Crippen LogP contribution >= 0.6 is 11.3 Å². The Morgan fingerprint density at radius 1 is 1.50 bits per heavy atom. The number of carbonyl (C=O) groups is 1. The van der Waals surface area contributed by atoms with Crippen molar-refractivity contribution >= 4 is 28.0 Å². The maximum Gasteiger partial charge on any atom is 0.356 e. The molecule has 1 aliphatic rings. The molecular formula is C13H14N4O2S. The third kappa shape index (κ3) is 2.32. The average molecular weight is 290 g/mol. The van der Waals surface area contributed by atoms with E-state index >= 15 is 0 Å². The van der Waals surface area contributed by atoms with Crippen molar-refractivity contribution in [2.75, 3.05) is 18.0 Å². The van der Waals surface area contributed by atoms with Crippen LogP contribution in [-0.2, 0) is 7.05 Å². The lowest BCUT2D eigenvalue weighted by Gasteiger charge is -2.26. The van der Waals surface area contributed by atoms with Crippen LogP contribution in [0.25, 0.3) is 5.57 Å². The van der Waals surface area contributed by atoms with E-state index in [2.05, 4.69) is 21.1 Å². The normalized spacial score (nSPS) is 15.2. The van der Waals surface area contributed by atoms with E-state index in [0.29, 0.717) is 0 Å². The van der Waals surface area contributed by atoms with Crippen molar-refractivity contribution in [2.24, 2.45) is 7.05 Å². The SMILES string of the molecule is Cn1nc(C(=O)O)cc1C1=CCCN(c2nccs2)C1. The number of carboxylic acid groups (broad SMARTS) is 1. The Morgan fingerprint density at radius 3 is 3.00 bits per heavy atom. The molecule has 0 fully saturated rings. The molecule has 20 heavy (non-hydrogen) atoms. The zero-order chi connectivity index (χ0) is 14.1. The third-order valence-corrected chi connectivity index (χ3v) is 4.10. The molecule has 0 unspecified atom stereocenters. The first-order valence-corrected chi connectivity index (χ1v) is 7.14. The van der Waals surface area contributed by atoms with E-state index in [1.54, 1.807) is 35.3 Å². The van der Waals surface area contributed by atoms with Gasteiger partial charge in [0.1, 0.15) is 0 Å². The van der Waals surface area contributed by atoms with Crippen LogP contribution in [0, 0.1) is 0 Å². The van der Waals surface area contributed by atoms with Gasteiger partial charge in [-0.1, -0.05) is 6.08 Å². The second-order valence-corrected chi connectivity index (χ2v) is 5.47. The second-order valence-electron chi connectivity index (χ2n) is 4.60. The number of aromatic carboxylic acids is 1. The maximum atomic E-state index is 11.0. The number of anilines is 1. The summed E-state index contributed by atoms with van der Waals surface area (Å²) in [5.41, 5.74) is 2.02. The van der Waals surface area contributed by atoms with Gasteiger partial charge in [-0.2, -0.15) is 5.10 Å². The molecule has 0 radical (unpaired) electrons. The van der Waals surface area contributed by atoms with E-state index in [1.807, 2.05) is 5.38 Å². The molecule has 0 aromatic carbocycles. The fraction of sp³-hybridized carbons (Fsp3) is 0.308. The van der Waals surface area contributed by atoms with E-state index < -0.39 is 5.97 Å². The Kier molecular flexibility index (Phi) is 3.27. The number of hydrogen-bond acceptors (Lipinski definition) is 5. The molecule has 0 bridgehead atoms. The highest BCUT2D eigenvalue weighted by Crippen LogP contribution is 2.26. The minimum atomic E-state index is -1.000. The van der Waals surface area contributed by atoms with Gasteiger partial charge < -0.3 is 10.0 Å². The molecule has 6 nitrogen and oxygen atoms in total. The number of aryl methyl sites for hydroxylation is 1. The van der Waals surface area contributed by atoms with Crippen molar-refractivity contribution in [1.82, 2.24) is 14.8 Å². The fourth-order valence-electron chi connectivity index (χ4n) is 2.34. The summed E-state index contributed by atoms with van der Waals surface area (Å²) in [7, 11) is 1.77. The molecule has 3 rings (SSSR count). The molecule has 0 aliphatic carbocycles. The molecule has 2 aromatic rings. The minimum absolute atomic E-state index is 0.0785. The molecule has 2 aromatic heterocycles. The van der Waals surface area contributed by atoms with Gasteiger partial charge in [-0.15, -0.1) is 11.3 Å². The highest BCUT2D eigenvalue weighted by molar-refractivity contribution is 7.13. The van der Waals surface area contributed by atoms with Crippen molar-refractivity contribution in [3.8, 4) is 0 Å². The Hall–Kier alpha value is -2.15. The molecule has 0 saturated heterocycles. The van der Waals surface area contributed by atoms with Crippen molar-refractivity contribution in [1.29, 1.82) is 0 Å². The molecular weight excluding hydrogens is 276 g/mol. The molecule has 104 valence electrons. The molecule has 0 saturated carbocycles. The van der Waals surface area contributed by atoms with Crippen LogP contribution in [0.15, 0.2) is 23.7 Å². The van der Waals surface area contributed by atoms with Crippen LogP contribution in [0.3, 0.4) is 0 Å². The van der Waals surface area contributed by atoms with Crippen LogP contribution in [-0.4, -0.2) is 38.9 Å². The van der Waals surface area contributed by atoms with Gasteiger partial charge in [-0.3, -0.25) is 4.68 Å².